The fraction of sp³-hybridized carbons (Fsp3) is 0.667. The van der Waals surface area contributed by atoms with Crippen LogP contribution in [0.25, 0.3) is 0 Å². The van der Waals surface area contributed by atoms with Crippen LogP contribution in [0.5, 0.6) is 5.75 Å². The van der Waals surface area contributed by atoms with E-state index in [1.165, 1.54) is 50.7 Å². The van der Waals surface area contributed by atoms with Crippen molar-refractivity contribution in [2.45, 2.75) is 64.8 Å². The minimum absolute atomic E-state index is 0.162. The van der Waals surface area contributed by atoms with Gasteiger partial charge in [-0.15, -0.1) is 0 Å². The number of hydrogen-bond donors (Lipinski definition) is 1. The highest BCUT2D eigenvalue weighted by Crippen LogP contribution is 2.26. The Morgan fingerprint density at radius 3 is 2.43 bits per heavy atom. The van der Waals surface area contributed by atoms with Gasteiger partial charge in [-0.2, -0.15) is 0 Å². The Labute approximate surface area is 129 Å². The summed E-state index contributed by atoms with van der Waals surface area (Å²) in [7, 11) is 1.90. The van der Waals surface area contributed by atoms with Crippen LogP contribution in [0.4, 0.5) is 4.39 Å². The first-order chi connectivity index (χ1) is 10.2. The molecule has 0 fully saturated rings. The standard InChI is InChI=1S/C18H30FNO/c1-4-5-6-7-8-9-10-13-21-18-14-16(19)11-12-17(18)15(2)20-3/h11-12,14-15,20H,4-10,13H2,1-3H3. The summed E-state index contributed by atoms with van der Waals surface area (Å²) in [6, 6.07) is 4.94. The SMILES string of the molecule is CCCCCCCCCOc1cc(F)ccc1C(C)NC. The quantitative estimate of drug-likeness (QED) is 0.564. The van der Waals surface area contributed by atoms with Crippen molar-refractivity contribution in [1.29, 1.82) is 0 Å². The molecular weight excluding hydrogens is 265 g/mol. The van der Waals surface area contributed by atoms with Crippen molar-refractivity contribution in [3.8, 4) is 5.75 Å². The van der Waals surface area contributed by atoms with Crippen LogP contribution < -0.4 is 10.1 Å². The Hall–Kier alpha value is -1.09. The van der Waals surface area contributed by atoms with Gasteiger partial charge in [-0.3, -0.25) is 0 Å². The number of benzene rings is 1. The molecule has 1 aromatic carbocycles. The van der Waals surface area contributed by atoms with E-state index in [0.717, 1.165) is 12.0 Å². The lowest BCUT2D eigenvalue weighted by Gasteiger charge is -2.16. The monoisotopic (exact) mass is 295 g/mol. The lowest BCUT2D eigenvalue weighted by molar-refractivity contribution is 0.297. The molecule has 0 spiro atoms. The van der Waals surface area contributed by atoms with Crippen LogP contribution in [-0.4, -0.2) is 13.7 Å². The van der Waals surface area contributed by atoms with Crippen molar-refractivity contribution < 1.29 is 9.13 Å². The number of halogens is 1. The Morgan fingerprint density at radius 1 is 1.10 bits per heavy atom. The molecule has 120 valence electrons. The van der Waals surface area contributed by atoms with E-state index in [4.69, 9.17) is 4.74 Å². The van der Waals surface area contributed by atoms with Gasteiger partial charge in [-0.05, 0) is 26.5 Å². The van der Waals surface area contributed by atoms with E-state index in [-0.39, 0.29) is 11.9 Å². The Kier molecular flexibility index (Phi) is 9.07. The largest absolute Gasteiger partial charge is 0.493 e. The molecular formula is C18H30FNO. The summed E-state index contributed by atoms with van der Waals surface area (Å²) in [6.07, 6.45) is 8.78. The molecule has 1 N–H and O–H groups in total. The van der Waals surface area contributed by atoms with Gasteiger partial charge in [0.05, 0.1) is 6.61 Å². The molecule has 2 nitrogen and oxygen atoms in total. The molecule has 1 aromatic rings. The lowest BCUT2D eigenvalue weighted by Crippen LogP contribution is -2.14. The summed E-state index contributed by atoms with van der Waals surface area (Å²) < 4.78 is 19.2. The zero-order chi connectivity index (χ0) is 15.5. The van der Waals surface area contributed by atoms with Crippen molar-refractivity contribution in [2.24, 2.45) is 0 Å². The third-order valence-electron chi connectivity index (χ3n) is 3.88. The second-order valence-corrected chi connectivity index (χ2v) is 5.66. The van der Waals surface area contributed by atoms with E-state index in [9.17, 15) is 4.39 Å². The lowest BCUT2D eigenvalue weighted by atomic mass is 10.1. The normalized spacial score (nSPS) is 12.4. The molecule has 0 aliphatic rings. The van der Waals surface area contributed by atoms with E-state index in [1.54, 1.807) is 6.07 Å². The first-order valence-electron chi connectivity index (χ1n) is 8.28. The van der Waals surface area contributed by atoms with E-state index in [2.05, 4.69) is 12.2 Å². The number of hydrogen-bond acceptors (Lipinski definition) is 2. The maximum atomic E-state index is 13.4. The van der Waals surface area contributed by atoms with E-state index < -0.39 is 0 Å². The number of rotatable bonds is 11. The Morgan fingerprint density at radius 2 is 1.76 bits per heavy atom. The molecule has 1 atom stereocenters. The zero-order valence-electron chi connectivity index (χ0n) is 13.8. The van der Waals surface area contributed by atoms with Crippen molar-refractivity contribution in [1.82, 2.24) is 5.32 Å². The van der Waals surface area contributed by atoms with Gasteiger partial charge in [0, 0.05) is 17.7 Å². The molecule has 3 heteroatoms. The van der Waals surface area contributed by atoms with Crippen LogP contribution in [0.1, 0.15) is 70.4 Å². The smallest absolute Gasteiger partial charge is 0.126 e. The number of nitrogens with one attached hydrogen (secondary N) is 1. The average Bonchev–Trinajstić information content (AvgIpc) is 2.49. The number of unbranched alkanes of at least 4 members (excludes halogenated alkanes) is 6. The maximum absolute atomic E-state index is 13.4. The van der Waals surface area contributed by atoms with E-state index in [1.807, 2.05) is 14.0 Å². The first kappa shape index (κ1) is 18.0. The third kappa shape index (κ3) is 6.94. The summed E-state index contributed by atoms with van der Waals surface area (Å²) in [5, 5.41) is 3.17. The highest BCUT2D eigenvalue weighted by atomic mass is 19.1. The van der Waals surface area contributed by atoms with Crippen molar-refractivity contribution in [3.05, 3.63) is 29.6 Å². The molecule has 0 radical (unpaired) electrons. The highest BCUT2D eigenvalue weighted by molar-refractivity contribution is 5.36. The van der Waals surface area contributed by atoms with Gasteiger partial charge in [0.25, 0.3) is 0 Å². The molecule has 21 heavy (non-hydrogen) atoms. The van der Waals surface area contributed by atoms with Crippen molar-refractivity contribution in [2.75, 3.05) is 13.7 Å². The zero-order valence-corrected chi connectivity index (χ0v) is 13.8. The summed E-state index contributed by atoms with van der Waals surface area (Å²) in [5.41, 5.74) is 1.02. The molecule has 1 unspecified atom stereocenters. The van der Waals surface area contributed by atoms with Gasteiger partial charge in [0.2, 0.25) is 0 Å². The highest BCUT2D eigenvalue weighted by Gasteiger charge is 2.11. The molecule has 0 aromatic heterocycles. The fourth-order valence-electron chi connectivity index (χ4n) is 2.39. The maximum Gasteiger partial charge on any atom is 0.126 e. The van der Waals surface area contributed by atoms with Gasteiger partial charge >= 0.3 is 0 Å². The van der Waals surface area contributed by atoms with Crippen LogP contribution in [-0.2, 0) is 0 Å². The average molecular weight is 295 g/mol. The molecule has 0 amide bonds. The third-order valence-corrected chi connectivity index (χ3v) is 3.88. The van der Waals surface area contributed by atoms with Gasteiger partial charge < -0.3 is 10.1 Å². The first-order valence-corrected chi connectivity index (χ1v) is 8.28. The van der Waals surface area contributed by atoms with Crippen LogP contribution in [0.3, 0.4) is 0 Å². The van der Waals surface area contributed by atoms with Crippen LogP contribution in [0.2, 0.25) is 0 Å². The summed E-state index contributed by atoms with van der Waals surface area (Å²) in [6.45, 7) is 4.95. The molecule has 0 heterocycles. The minimum Gasteiger partial charge on any atom is -0.493 e. The van der Waals surface area contributed by atoms with Gasteiger partial charge in [-0.1, -0.05) is 51.5 Å². The van der Waals surface area contributed by atoms with Gasteiger partial charge in [0.15, 0.2) is 0 Å². The van der Waals surface area contributed by atoms with Gasteiger partial charge in [0.1, 0.15) is 11.6 Å². The summed E-state index contributed by atoms with van der Waals surface area (Å²) in [4.78, 5) is 0. The van der Waals surface area contributed by atoms with E-state index >= 15 is 0 Å². The minimum atomic E-state index is -0.239. The molecule has 0 saturated heterocycles. The molecule has 0 aliphatic heterocycles. The second kappa shape index (κ2) is 10.6. The summed E-state index contributed by atoms with van der Waals surface area (Å²) in [5.74, 6) is 0.430. The predicted molar refractivity (Wildman–Crippen MR) is 87.4 cm³/mol. The molecule has 0 aliphatic carbocycles. The fourth-order valence-corrected chi connectivity index (χ4v) is 2.39. The van der Waals surface area contributed by atoms with Crippen LogP contribution in [0, 0.1) is 5.82 Å². The second-order valence-electron chi connectivity index (χ2n) is 5.66. The van der Waals surface area contributed by atoms with E-state index in [0.29, 0.717) is 12.4 Å². The summed E-state index contributed by atoms with van der Waals surface area (Å²) >= 11 is 0. The Balaban J connectivity index is 2.32. The van der Waals surface area contributed by atoms with Crippen molar-refractivity contribution in [3.63, 3.8) is 0 Å². The molecule has 0 saturated carbocycles. The van der Waals surface area contributed by atoms with Gasteiger partial charge in [-0.25, -0.2) is 4.39 Å². The number of ether oxygens (including phenoxy) is 1. The molecule has 0 bridgehead atoms. The predicted octanol–water partition coefficient (Wildman–Crippen LogP) is 5.24. The molecule has 1 rings (SSSR count). The Bertz CT molecular complexity index is 395. The topological polar surface area (TPSA) is 21.3 Å². The van der Waals surface area contributed by atoms with Crippen molar-refractivity contribution >= 4 is 0 Å². The van der Waals surface area contributed by atoms with Crippen LogP contribution in [0.15, 0.2) is 18.2 Å². The van der Waals surface area contributed by atoms with Crippen LogP contribution >= 0.6 is 0 Å².